The van der Waals surface area contributed by atoms with Crippen LogP contribution in [-0.2, 0) is 13.1 Å². The number of carbonyl (C=O) groups excluding carboxylic acids is 1. The van der Waals surface area contributed by atoms with Crippen LogP contribution in [0.4, 0.5) is 5.69 Å². The molecule has 0 aliphatic rings. The number of nitro groups is 1. The van der Waals surface area contributed by atoms with Gasteiger partial charge in [0, 0.05) is 43.2 Å². The molecular weight excluding hydrogens is 436 g/mol. The van der Waals surface area contributed by atoms with Crippen molar-refractivity contribution in [3.63, 3.8) is 0 Å². The average molecular weight is 458 g/mol. The van der Waals surface area contributed by atoms with Crippen LogP contribution in [0.3, 0.4) is 0 Å². The lowest BCUT2D eigenvalue weighted by molar-refractivity contribution is -0.384. The first-order chi connectivity index (χ1) is 16.3. The highest BCUT2D eigenvalue weighted by molar-refractivity contribution is 5.91. The van der Waals surface area contributed by atoms with Crippen molar-refractivity contribution in [3.05, 3.63) is 116 Å². The quantitative estimate of drug-likeness (QED) is 0.311. The van der Waals surface area contributed by atoms with Gasteiger partial charge < -0.3 is 4.90 Å². The Hall–Kier alpha value is -4.60. The van der Waals surface area contributed by atoms with E-state index in [2.05, 4.69) is 10.2 Å². The number of hydrogen-bond donors (Lipinski definition) is 0. The van der Waals surface area contributed by atoms with E-state index in [1.165, 1.54) is 33.8 Å². The summed E-state index contributed by atoms with van der Waals surface area (Å²) < 4.78 is 3.02. The maximum Gasteiger partial charge on any atom is 0.294 e. The summed E-state index contributed by atoms with van der Waals surface area (Å²) in [5, 5.41) is 20.0. The van der Waals surface area contributed by atoms with Crippen molar-refractivity contribution >= 4 is 11.6 Å². The first-order valence-electron chi connectivity index (χ1n) is 10.5. The van der Waals surface area contributed by atoms with E-state index < -0.39 is 16.3 Å². The number of rotatable bonds is 7. The molecule has 0 aliphatic heterocycles. The summed E-state index contributed by atoms with van der Waals surface area (Å²) in [5.41, 5.74) is 1.38. The number of aromatic nitrogens is 4. The second-order valence-electron chi connectivity index (χ2n) is 7.85. The van der Waals surface area contributed by atoms with Gasteiger partial charge in [-0.3, -0.25) is 24.4 Å². The molecule has 0 atom stereocenters. The van der Waals surface area contributed by atoms with Crippen molar-refractivity contribution in [1.82, 2.24) is 24.5 Å². The van der Waals surface area contributed by atoms with Gasteiger partial charge in [-0.05, 0) is 18.6 Å². The van der Waals surface area contributed by atoms with Crippen LogP contribution in [0.2, 0.25) is 0 Å². The summed E-state index contributed by atoms with van der Waals surface area (Å²) in [4.78, 5) is 37.9. The van der Waals surface area contributed by atoms with Gasteiger partial charge in [0.05, 0.1) is 17.7 Å². The summed E-state index contributed by atoms with van der Waals surface area (Å²) in [7, 11) is 1.56. The Kier molecular flexibility index (Phi) is 6.30. The predicted octanol–water partition coefficient (Wildman–Crippen LogP) is 2.97. The molecule has 0 N–H and O–H groups in total. The van der Waals surface area contributed by atoms with E-state index in [4.69, 9.17) is 0 Å². The lowest BCUT2D eigenvalue weighted by Gasteiger charge is -2.17. The Morgan fingerprint density at radius 3 is 2.53 bits per heavy atom. The molecule has 10 nitrogen and oxygen atoms in total. The molecule has 0 unspecified atom stereocenters. The van der Waals surface area contributed by atoms with Crippen molar-refractivity contribution in [2.24, 2.45) is 0 Å². The van der Waals surface area contributed by atoms with Crippen LogP contribution in [0.15, 0.2) is 77.9 Å². The molecule has 34 heavy (non-hydrogen) atoms. The third-order valence-corrected chi connectivity index (χ3v) is 5.26. The zero-order valence-corrected chi connectivity index (χ0v) is 18.7. The van der Waals surface area contributed by atoms with Gasteiger partial charge in [0.25, 0.3) is 11.6 Å². The van der Waals surface area contributed by atoms with E-state index in [0.29, 0.717) is 12.2 Å². The molecule has 2 heterocycles. The number of hydrogen-bond acceptors (Lipinski definition) is 6. The molecule has 0 saturated heterocycles. The molecule has 4 rings (SSSR count). The highest BCUT2D eigenvalue weighted by atomic mass is 16.6. The van der Waals surface area contributed by atoms with Crippen molar-refractivity contribution in [3.8, 4) is 5.69 Å². The van der Waals surface area contributed by atoms with Crippen LogP contribution >= 0.6 is 0 Å². The summed E-state index contributed by atoms with van der Waals surface area (Å²) in [5.74, 6) is -0.590. The highest BCUT2D eigenvalue weighted by Gasteiger charge is 2.22. The smallest absolute Gasteiger partial charge is 0.294 e. The third-order valence-electron chi connectivity index (χ3n) is 5.26. The second kappa shape index (κ2) is 9.49. The maximum absolute atomic E-state index is 13.1. The van der Waals surface area contributed by atoms with Crippen molar-refractivity contribution < 1.29 is 9.72 Å². The SMILES string of the molecule is Cc1cc(=O)c(C(=O)N(C)Cc2cnn(Cc3ccccc3)c2)nn1-c1ccccc1[N+](=O)[O-]. The average Bonchev–Trinajstić information content (AvgIpc) is 3.26. The largest absolute Gasteiger partial charge is 0.336 e. The second-order valence-corrected chi connectivity index (χ2v) is 7.85. The van der Waals surface area contributed by atoms with Crippen LogP contribution in [0.5, 0.6) is 0 Å². The lowest BCUT2D eigenvalue weighted by Crippen LogP contribution is -2.33. The standard InChI is InChI=1S/C24H22N6O4/c1-17-12-22(31)23(26-29(17)20-10-6-7-11-21(20)30(33)34)24(32)27(2)14-19-13-25-28(16-19)15-18-8-4-3-5-9-18/h3-13,16H,14-15H2,1-2H3. The Labute approximate surface area is 194 Å². The first kappa shape index (κ1) is 22.6. The van der Waals surface area contributed by atoms with Crippen LogP contribution in [-0.4, -0.2) is 42.3 Å². The van der Waals surface area contributed by atoms with Crippen molar-refractivity contribution in [2.45, 2.75) is 20.0 Å². The van der Waals surface area contributed by atoms with E-state index in [1.807, 2.05) is 36.5 Å². The summed E-state index contributed by atoms with van der Waals surface area (Å²) in [6.45, 7) is 2.41. The molecule has 4 aromatic rings. The van der Waals surface area contributed by atoms with Gasteiger partial charge in [-0.15, -0.1) is 0 Å². The normalized spacial score (nSPS) is 10.8. The Morgan fingerprint density at radius 1 is 1.09 bits per heavy atom. The van der Waals surface area contributed by atoms with Crippen LogP contribution < -0.4 is 5.43 Å². The fraction of sp³-hybridized carbons (Fsp3) is 0.167. The van der Waals surface area contributed by atoms with Gasteiger partial charge in [0.2, 0.25) is 5.43 Å². The van der Waals surface area contributed by atoms with Crippen LogP contribution in [0.25, 0.3) is 5.69 Å². The molecule has 1 amide bonds. The van der Waals surface area contributed by atoms with Crippen LogP contribution in [0, 0.1) is 17.0 Å². The molecule has 2 aromatic heterocycles. The van der Waals surface area contributed by atoms with E-state index in [9.17, 15) is 19.7 Å². The topological polar surface area (TPSA) is 116 Å². The number of aryl methyl sites for hydroxylation is 1. The van der Waals surface area contributed by atoms with E-state index >= 15 is 0 Å². The minimum atomic E-state index is -0.590. The Bertz CT molecular complexity index is 1410. The first-order valence-corrected chi connectivity index (χ1v) is 10.5. The van der Waals surface area contributed by atoms with Gasteiger partial charge >= 0.3 is 0 Å². The van der Waals surface area contributed by atoms with Crippen molar-refractivity contribution in [2.75, 3.05) is 7.05 Å². The van der Waals surface area contributed by atoms with E-state index in [1.54, 1.807) is 30.9 Å². The summed E-state index contributed by atoms with van der Waals surface area (Å²) >= 11 is 0. The highest BCUT2D eigenvalue weighted by Crippen LogP contribution is 2.22. The summed E-state index contributed by atoms with van der Waals surface area (Å²) in [6, 6.07) is 17.1. The molecule has 0 radical (unpaired) electrons. The molecule has 2 aromatic carbocycles. The Balaban J connectivity index is 1.57. The number of carbonyl (C=O) groups is 1. The molecule has 10 heteroatoms. The molecule has 0 aliphatic carbocycles. The number of amides is 1. The van der Waals surface area contributed by atoms with Crippen LogP contribution in [0.1, 0.15) is 27.3 Å². The zero-order valence-electron chi connectivity index (χ0n) is 18.7. The fourth-order valence-electron chi connectivity index (χ4n) is 3.61. The van der Waals surface area contributed by atoms with Gasteiger partial charge in [-0.1, -0.05) is 42.5 Å². The molecule has 0 bridgehead atoms. The van der Waals surface area contributed by atoms with Gasteiger partial charge in [0.1, 0.15) is 5.69 Å². The minimum Gasteiger partial charge on any atom is -0.336 e. The zero-order chi connectivity index (χ0) is 24.2. The number of benzene rings is 2. The van der Waals surface area contributed by atoms with Gasteiger partial charge in [0.15, 0.2) is 5.69 Å². The van der Waals surface area contributed by atoms with Gasteiger partial charge in [-0.2, -0.15) is 10.2 Å². The summed E-state index contributed by atoms with van der Waals surface area (Å²) in [6.07, 6.45) is 3.51. The number of nitrogens with zero attached hydrogens (tertiary/aromatic N) is 6. The Morgan fingerprint density at radius 2 is 1.79 bits per heavy atom. The molecule has 0 saturated carbocycles. The maximum atomic E-state index is 13.1. The number of nitro benzene ring substituents is 1. The third kappa shape index (κ3) is 4.75. The molecule has 0 fully saturated rings. The van der Waals surface area contributed by atoms with Crippen molar-refractivity contribution in [1.29, 1.82) is 0 Å². The molecular formula is C24H22N6O4. The minimum absolute atomic E-state index is 0.170. The molecule has 0 spiro atoms. The predicted molar refractivity (Wildman–Crippen MR) is 125 cm³/mol. The lowest BCUT2D eigenvalue weighted by atomic mass is 10.2. The fourth-order valence-corrected chi connectivity index (χ4v) is 3.61. The molecule has 172 valence electrons. The van der Waals surface area contributed by atoms with E-state index in [-0.39, 0.29) is 23.6 Å². The number of para-hydroxylation sites is 2. The van der Waals surface area contributed by atoms with Gasteiger partial charge in [-0.25, -0.2) is 4.68 Å². The van der Waals surface area contributed by atoms with E-state index in [0.717, 1.165) is 11.1 Å². The monoisotopic (exact) mass is 458 g/mol.